The van der Waals surface area contributed by atoms with Gasteiger partial charge in [0.15, 0.2) is 5.58 Å². The average molecular weight is 271 g/mol. The first kappa shape index (κ1) is 12.2. The molecule has 19 heavy (non-hydrogen) atoms. The van der Waals surface area contributed by atoms with Crippen LogP contribution in [0, 0.1) is 0 Å². The van der Waals surface area contributed by atoms with Crippen molar-refractivity contribution in [2.75, 3.05) is 0 Å². The van der Waals surface area contributed by atoms with Crippen molar-refractivity contribution in [2.24, 2.45) is 5.73 Å². The van der Waals surface area contributed by atoms with E-state index in [9.17, 15) is 0 Å². The first-order valence-corrected chi connectivity index (χ1v) is 6.79. The molecule has 0 amide bonds. The van der Waals surface area contributed by atoms with Crippen LogP contribution in [0.2, 0.25) is 0 Å². The first-order valence-electron chi connectivity index (χ1n) is 5.97. The van der Waals surface area contributed by atoms with Gasteiger partial charge in [0.1, 0.15) is 5.52 Å². The van der Waals surface area contributed by atoms with Gasteiger partial charge in [-0.1, -0.05) is 12.1 Å². The van der Waals surface area contributed by atoms with Gasteiger partial charge in [0, 0.05) is 17.1 Å². The number of nitrogens with zero attached hydrogens (tertiary/aromatic N) is 2. The minimum absolute atomic E-state index is 0.0524. The fourth-order valence-electron chi connectivity index (χ4n) is 1.72. The van der Waals surface area contributed by atoms with Crippen LogP contribution in [0.4, 0.5) is 0 Å². The highest BCUT2D eigenvalue weighted by molar-refractivity contribution is 7.99. The van der Waals surface area contributed by atoms with E-state index in [2.05, 4.69) is 9.97 Å². The molecule has 0 aliphatic rings. The van der Waals surface area contributed by atoms with Gasteiger partial charge in [-0.2, -0.15) is 0 Å². The van der Waals surface area contributed by atoms with Gasteiger partial charge in [-0.05, 0) is 43.0 Å². The zero-order valence-corrected chi connectivity index (χ0v) is 11.2. The van der Waals surface area contributed by atoms with Crippen molar-refractivity contribution >= 4 is 22.9 Å². The van der Waals surface area contributed by atoms with Crippen LogP contribution in [-0.2, 0) is 0 Å². The Bertz CT molecular complexity index is 658. The number of hydrogen-bond acceptors (Lipinski definition) is 5. The van der Waals surface area contributed by atoms with Crippen molar-refractivity contribution in [3.05, 3.63) is 48.3 Å². The summed E-state index contributed by atoms with van der Waals surface area (Å²) in [4.78, 5) is 9.70. The van der Waals surface area contributed by atoms with E-state index in [0.29, 0.717) is 5.22 Å². The molecule has 96 valence electrons. The Balaban J connectivity index is 1.84. The smallest absolute Gasteiger partial charge is 0.261 e. The number of hydrogen-bond donors (Lipinski definition) is 1. The Morgan fingerprint density at radius 1 is 1.21 bits per heavy atom. The molecule has 2 heterocycles. The molecule has 3 rings (SSSR count). The summed E-state index contributed by atoms with van der Waals surface area (Å²) in [5.74, 6) is 0. The standard InChI is InChI=1S/C14H13N3OS/c1-9(15)11-7-6-10(8-16-11)19-14-17-12-4-2-3-5-13(12)18-14/h2-9H,15H2,1H3. The zero-order chi connectivity index (χ0) is 13.2. The molecule has 2 N–H and O–H groups in total. The summed E-state index contributed by atoms with van der Waals surface area (Å²) in [6, 6.07) is 11.6. The van der Waals surface area contributed by atoms with Crippen molar-refractivity contribution in [3.63, 3.8) is 0 Å². The fourth-order valence-corrected chi connectivity index (χ4v) is 2.44. The third-order valence-corrected chi connectivity index (χ3v) is 3.53. The lowest BCUT2D eigenvalue weighted by molar-refractivity contribution is 0.489. The number of nitrogens with two attached hydrogens (primary N) is 1. The van der Waals surface area contributed by atoms with Crippen molar-refractivity contribution in [3.8, 4) is 0 Å². The second kappa shape index (κ2) is 5.03. The van der Waals surface area contributed by atoms with E-state index in [1.165, 1.54) is 11.8 Å². The van der Waals surface area contributed by atoms with Crippen molar-refractivity contribution < 1.29 is 4.42 Å². The average Bonchev–Trinajstić information content (AvgIpc) is 2.81. The van der Waals surface area contributed by atoms with Crippen molar-refractivity contribution in [1.29, 1.82) is 0 Å². The van der Waals surface area contributed by atoms with E-state index in [0.717, 1.165) is 21.7 Å². The molecular weight excluding hydrogens is 258 g/mol. The predicted molar refractivity (Wildman–Crippen MR) is 75.0 cm³/mol. The van der Waals surface area contributed by atoms with Crippen LogP contribution in [0.3, 0.4) is 0 Å². The normalized spacial score (nSPS) is 12.7. The number of aromatic nitrogens is 2. The van der Waals surface area contributed by atoms with Crippen molar-refractivity contribution in [2.45, 2.75) is 23.1 Å². The van der Waals surface area contributed by atoms with Gasteiger partial charge in [0.05, 0.1) is 5.69 Å². The van der Waals surface area contributed by atoms with Crippen LogP contribution in [-0.4, -0.2) is 9.97 Å². The van der Waals surface area contributed by atoms with Gasteiger partial charge >= 0.3 is 0 Å². The molecule has 5 heteroatoms. The number of oxazole rings is 1. The summed E-state index contributed by atoms with van der Waals surface area (Å²) in [5.41, 5.74) is 8.31. The Kier molecular flexibility index (Phi) is 3.23. The molecule has 3 aromatic rings. The van der Waals surface area contributed by atoms with Gasteiger partial charge in [-0.25, -0.2) is 4.98 Å². The Morgan fingerprint density at radius 3 is 2.74 bits per heavy atom. The summed E-state index contributed by atoms with van der Waals surface area (Å²) >= 11 is 1.45. The Hall–Kier alpha value is -1.85. The third-order valence-electron chi connectivity index (χ3n) is 2.71. The van der Waals surface area contributed by atoms with E-state index in [4.69, 9.17) is 10.2 Å². The molecule has 2 aromatic heterocycles. The third kappa shape index (κ3) is 2.62. The lowest BCUT2D eigenvalue weighted by Crippen LogP contribution is -2.06. The molecule has 1 atom stereocenters. The van der Waals surface area contributed by atoms with Crippen LogP contribution in [0.1, 0.15) is 18.7 Å². The zero-order valence-electron chi connectivity index (χ0n) is 10.4. The summed E-state index contributed by atoms with van der Waals surface area (Å²) in [6.45, 7) is 1.91. The number of pyridine rings is 1. The van der Waals surface area contributed by atoms with E-state index in [-0.39, 0.29) is 6.04 Å². The molecule has 0 aliphatic heterocycles. The molecule has 0 spiro atoms. The number of rotatable bonds is 3. The minimum atomic E-state index is -0.0524. The molecule has 0 fully saturated rings. The molecule has 0 saturated heterocycles. The van der Waals surface area contributed by atoms with E-state index in [1.54, 1.807) is 6.20 Å². The molecule has 0 bridgehead atoms. The summed E-state index contributed by atoms with van der Waals surface area (Å²) < 4.78 is 5.65. The summed E-state index contributed by atoms with van der Waals surface area (Å²) in [6.07, 6.45) is 1.79. The number of benzene rings is 1. The summed E-state index contributed by atoms with van der Waals surface area (Å²) in [5, 5.41) is 0.622. The largest absolute Gasteiger partial charge is 0.431 e. The van der Waals surface area contributed by atoms with Gasteiger partial charge in [0.25, 0.3) is 5.22 Å². The SMILES string of the molecule is CC(N)c1ccc(Sc2nc3ccccc3o2)cn1. The van der Waals surface area contributed by atoms with E-state index >= 15 is 0 Å². The maximum Gasteiger partial charge on any atom is 0.261 e. The minimum Gasteiger partial charge on any atom is -0.431 e. The molecule has 1 unspecified atom stereocenters. The second-order valence-electron chi connectivity index (χ2n) is 4.26. The first-order chi connectivity index (χ1) is 9.22. The van der Waals surface area contributed by atoms with Crippen LogP contribution >= 0.6 is 11.8 Å². The van der Waals surface area contributed by atoms with E-state index in [1.807, 2.05) is 43.3 Å². The van der Waals surface area contributed by atoms with Crippen LogP contribution < -0.4 is 5.73 Å². The molecular formula is C14H13N3OS. The topological polar surface area (TPSA) is 64.9 Å². The quantitative estimate of drug-likeness (QED) is 0.791. The highest BCUT2D eigenvalue weighted by Crippen LogP contribution is 2.29. The lowest BCUT2D eigenvalue weighted by atomic mass is 10.2. The van der Waals surface area contributed by atoms with Crippen LogP contribution in [0.15, 0.2) is 57.1 Å². The number of fused-ring (bicyclic) bond motifs is 1. The Morgan fingerprint density at radius 2 is 2.05 bits per heavy atom. The van der Waals surface area contributed by atoms with Gasteiger partial charge in [0.2, 0.25) is 0 Å². The maximum atomic E-state index is 5.77. The van der Waals surface area contributed by atoms with Gasteiger partial charge in [-0.3, -0.25) is 4.98 Å². The molecule has 0 radical (unpaired) electrons. The fraction of sp³-hybridized carbons (Fsp3) is 0.143. The van der Waals surface area contributed by atoms with Gasteiger partial charge < -0.3 is 10.2 Å². The summed E-state index contributed by atoms with van der Waals surface area (Å²) in [7, 11) is 0. The van der Waals surface area contributed by atoms with Crippen LogP contribution in [0.25, 0.3) is 11.1 Å². The van der Waals surface area contributed by atoms with Gasteiger partial charge in [-0.15, -0.1) is 0 Å². The highest BCUT2D eigenvalue weighted by atomic mass is 32.2. The van der Waals surface area contributed by atoms with E-state index < -0.39 is 0 Å². The highest BCUT2D eigenvalue weighted by Gasteiger charge is 2.08. The molecule has 1 aromatic carbocycles. The maximum absolute atomic E-state index is 5.77. The monoisotopic (exact) mass is 271 g/mol. The predicted octanol–water partition coefficient (Wildman–Crippen LogP) is 3.39. The lowest BCUT2D eigenvalue weighted by Gasteiger charge is -2.04. The van der Waals surface area contributed by atoms with Crippen molar-refractivity contribution in [1.82, 2.24) is 9.97 Å². The molecule has 0 aliphatic carbocycles. The second-order valence-corrected chi connectivity index (χ2v) is 5.28. The Labute approximate surface area is 115 Å². The molecule has 0 saturated carbocycles. The molecule has 4 nitrogen and oxygen atoms in total. The number of para-hydroxylation sites is 2. The van der Waals surface area contributed by atoms with Crippen LogP contribution in [0.5, 0.6) is 0 Å².